The van der Waals surface area contributed by atoms with Gasteiger partial charge in [0.2, 0.25) is 11.7 Å². The van der Waals surface area contributed by atoms with E-state index in [4.69, 9.17) is 0 Å². The van der Waals surface area contributed by atoms with E-state index < -0.39 is 17.5 Å². The van der Waals surface area contributed by atoms with Gasteiger partial charge in [-0.15, -0.1) is 0 Å². The van der Waals surface area contributed by atoms with Crippen LogP contribution in [0.5, 0.6) is 0 Å². The molecule has 1 heterocycles. The number of anilines is 1. The standard InChI is InChI=1S/C21H22FN3O3/c1-15-5-7-18(8-6-15)24-9-11-25(12-10-24)19(26)14-23-21(28)20(27)16-3-2-4-17(22)13-16/h2-8,13H,9-12,14H2,1H3,(H,23,28). The number of halogens is 1. The predicted molar refractivity (Wildman–Crippen MR) is 104 cm³/mol. The SMILES string of the molecule is Cc1ccc(N2CCN(C(=O)CNC(=O)C(=O)c3cccc(F)c3)CC2)cc1. The zero-order valence-corrected chi connectivity index (χ0v) is 15.7. The molecule has 2 aromatic rings. The number of hydrogen-bond donors (Lipinski definition) is 1. The van der Waals surface area contributed by atoms with Crippen molar-refractivity contribution >= 4 is 23.3 Å². The van der Waals surface area contributed by atoms with Crippen molar-refractivity contribution in [1.29, 1.82) is 0 Å². The number of amides is 2. The second-order valence-electron chi connectivity index (χ2n) is 6.73. The maximum Gasteiger partial charge on any atom is 0.292 e. The maximum atomic E-state index is 13.2. The minimum Gasteiger partial charge on any atom is -0.368 e. The number of hydrogen-bond acceptors (Lipinski definition) is 4. The Bertz CT molecular complexity index is 875. The average molecular weight is 383 g/mol. The lowest BCUT2D eigenvalue weighted by molar-refractivity contribution is -0.132. The summed E-state index contributed by atoms with van der Waals surface area (Å²) in [5.41, 5.74) is 2.27. The molecule has 3 rings (SSSR count). The number of carbonyl (C=O) groups excluding carboxylic acids is 3. The Labute approximate surface area is 162 Å². The molecule has 0 aliphatic carbocycles. The smallest absolute Gasteiger partial charge is 0.292 e. The summed E-state index contributed by atoms with van der Waals surface area (Å²) < 4.78 is 13.2. The van der Waals surface area contributed by atoms with Crippen LogP contribution in [0.1, 0.15) is 15.9 Å². The second kappa shape index (κ2) is 8.65. The molecule has 1 N–H and O–H groups in total. The number of nitrogens with zero attached hydrogens (tertiary/aromatic N) is 2. The van der Waals surface area contributed by atoms with Gasteiger partial charge in [0.05, 0.1) is 6.54 Å². The Morgan fingerprint density at radius 1 is 1.00 bits per heavy atom. The van der Waals surface area contributed by atoms with Gasteiger partial charge in [-0.25, -0.2) is 4.39 Å². The first-order chi connectivity index (χ1) is 13.4. The zero-order valence-electron chi connectivity index (χ0n) is 15.7. The summed E-state index contributed by atoms with van der Waals surface area (Å²) >= 11 is 0. The molecule has 0 atom stereocenters. The van der Waals surface area contributed by atoms with Gasteiger partial charge < -0.3 is 15.1 Å². The number of benzene rings is 2. The third kappa shape index (κ3) is 4.73. The van der Waals surface area contributed by atoms with Crippen molar-refractivity contribution in [3.63, 3.8) is 0 Å². The van der Waals surface area contributed by atoms with Crippen LogP contribution < -0.4 is 10.2 Å². The Balaban J connectivity index is 1.47. The molecule has 1 aliphatic rings. The number of rotatable bonds is 5. The van der Waals surface area contributed by atoms with E-state index in [1.54, 1.807) is 4.90 Å². The van der Waals surface area contributed by atoms with Gasteiger partial charge in [-0.1, -0.05) is 29.8 Å². The highest BCUT2D eigenvalue weighted by molar-refractivity contribution is 6.43. The first-order valence-corrected chi connectivity index (χ1v) is 9.11. The van der Waals surface area contributed by atoms with Crippen molar-refractivity contribution in [2.45, 2.75) is 6.92 Å². The molecule has 0 radical (unpaired) electrons. The predicted octanol–water partition coefficient (Wildman–Crippen LogP) is 1.78. The Hall–Kier alpha value is -3.22. The summed E-state index contributed by atoms with van der Waals surface area (Å²) in [7, 11) is 0. The van der Waals surface area contributed by atoms with E-state index in [0.29, 0.717) is 26.2 Å². The van der Waals surface area contributed by atoms with Gasteiger partial charge in [-0.3, -0.25) is 14.4 Å². The molecule has 1 fully saturated rings. The Morgan fingerprint density at radius 2 is 1.68 bits per heavy atom. The summed E-state index contributed by atoms with van der Waals surface area (Å²) in [6.07, 6.45) is 0. The van der Waals surface area contributed by atoms with Crippen LogP contribution in [0.25, 0.3) is 0 Å². The van der Waals surface area contributed by atoms with Gasteiger partial charge in [0, 0.05) is 37.4 Å². The third-order valence-corrected chi connectivity index (χ3v) is 4.72. The summed E-state index contributed by atoms with van der Waals surface area (Å²) in [5.74, 6) is -2.63. The van der Waals surface area contributed by atoms with Gasteiger partial charge in [-0.05, 0) is 31.2 Å². The first kappa shape index (κ1) is 19.5. The number of carbonyl (C=O) groups is 3. The van der Waals surface area contributed by atoms with Crippen LogP contribution in [-0.2, 0) is 9.59 Å². The summed E-state index contributed by atoms with van der Waals surface area (Å²) in [4.78, 5) is 40.1. The molecule has 2 aromatic carbocycles. The minimum atomic E-state index is -0.919. The average Bonchev–Trinajstić information content (AvgIpc) is 2.72. The Kier molecular flexibility index (Phi) is 6.03. The van der Waals surface area contributed by atoms with Crippen molar-refractivity contribution in [1.82, 2.24) is 10.2 Å². The van der Waals surface area contributed by atoms with E-state index in [9.17, 15) is 18.8 Å². The van der Waals surface area contributed by atoms with Crippen LogP contribution in [0, 0.1) is 12.7 Å². The van der Waals surface area contributed by atoms with Crippen molar-refractivity contribution in [2.75, 3.05) is 37.6 Å². The van der Waals surface area contributed by atoms with Crippen molar-refractivity contribution < 1.29 is 18.8 Å². The third-order valence-electron chi connectivity index (χ3n) is 4.72. The molecular weight excluding hydrogens is 361 g/mol. The lowest BCUT2D eigenvalue weighted by Crippen LogP contribution is -2.51. The molecule has 0 spiro atoms. The quantitative estimate of drug-likeness (QED) is 0.631. The molecule has 146 valence electrons. The minimum absolute atomic E-state index is 0.0448. The van der Waals surface area contributed by atoms with Gasteiger partial charge in [0.1, 0.15) is 5.82 Å². The highest BCUT2D eigenvalue weighted by Gasteiger charge is 2.23. The van der Waals surface area contributed by atoms with Gasteiger partial charge in [-0.2, -0.15) is 0 Å². The van der Waals surface area contributed by atoms with E-state index in [0.717, 1.165) is 11.8 Å². The second-order valence-corrected chi connectivity index (χ2v) is 6.73. The van der Waals surface area contributed by atoms with E-state index in [1.807, 2.05) is 6.92 Å². The van der Waals surface area contributed by atoms with Crippen LogP contribution in [-0.4, -0.2) is 55.2 Å². The van der Waals surface area contributed by atoms with Crippen LogP contribution in [0.2, 0.25) is 0 Å². The topological polar surface area (TPSA) is 69.7 Å². The van der Waals surface area contributed by atoms with Gasteiger partial charge in [0.15, 0.2) is 0 Å². The van der Waals surface area contributed by atoms with E-state index >= 15 is 0 Å². The fourth-order valence-electron chi connectivity index (χ4n) is 3.08. The lowest BCUT2D eigenvalue weighted by Gasteiger charge is -2.36. The Morgan fingerprint density at radius 3 is 2.32 bits per heavy atom. The lowest BCUT2D eigenvalue weighted by atomic mass is 10.1. The molecule has 28 heavy (non-hydrogen) atoms. The fourth-order valence-corrected chi connectivity index (χ4v) is 3.08. The zero-order chi connectivity index (χ0) is 20.1. The van der Waals surface area contributed by atoms with Crippen molar-refractivity contribution in [2.24, 2.45) is 0 Å². The normalized spacial score (nSPS) is 13.9. The number of nitrogens with one attached hydrogen (secondary N) is 1. The number of piperazine rings is 1. The van der Waals surface area contributed by atoms with Crippen LogP contribution in [0.15, 0.2) is 48.5 Å². The van der Waals surface area contributed by atoms with Crippen molar-refractivity contribution in [3.05, 3.63) is 65.5 Å². The largest absolute Gasteiger partial charge is 0.368 e. The molecule has 0 bridgehead atoms. The molecule has 7 heteroatoms. The van der Waals surface area contributed by atoms with Crippen LogP contribution in [0.3, 0.4) is 0 Å². The number of aryl methyl sites for hydroxylation is 1. The van der Waals surface area contributed by atoms with Gasteiger partial charge in [0.25, 0.3) is 5.91 Å². The maximum absolute atomic E-state index is 13.2. The molecule has 2 amide bonds. The highest BCUT2D eigenvalue weighted by Crippen LogP contribution is 2.17. The molecular formula is C21H22FN3O3. The summed E-state index contributed by atoms with van der Waals surface area (Å²) in [5, 5.41) is 2.33. The van der Waals surface area contributed by atoms with Crippen LogP contribution in [0.4, 0.5) is 10.1 Å². The molecule has 1 saturated heterocycles. The molecule has 0 aromatic heterocycles. The van der Waals surface area contributed by atoms with E-state index in [1.165, 1.54) is 23.8 Å². The van der Waals surface area contributed by atoms with E-state index in [2.05, 4.69) is 34.5 Å². The van der Waals surface area contributed by atoms with E-state index in [-0.39, 0.29) is 18.0 Å². The fraction of sp³-hybridized carbons (Fsp3) is 0.286. The molecule has 1 aliphatic heterocycles. The highest BCUT2D eigenvalue weighted by atomic mass is 19.1. The molecule has 0 unspecified atom stereocenters. The molecule has 0 saturated carbocycles. The number of Topliss-reactive ketones (excluding diaryl/α,β-unsaturated/α-hetero) is 1. The monoisotopic (exact) mass is 383 g/mol. The van der Waals surface area contributed by atoms with Crippen molar-refractivity contribution in [3.8, 4) is 0 Å². The summed E-state index contributed by atoms with van der Waals surface area (Å²) in [6.45, 7) is 4.26. The molecule has 6 nitrogen and oxygen atoms in total. The first-order valence-electron chi connectivity index (χ1n) is 9.11. The number of ketones is 1. The van der Waals surface area contributed by atoms with Crippen LogP contribution >= 0.6 is 0 Å². The van der Waals surface area contributed by atoms with Gasteiger partial charge >= 0.3 is 0 Å². The summed E-state index contributed by atoms with van der Waals surface area (Å²) in [6, 6.07) is 13.1.